The first kappa shape index (κ1) is 11.4. The van der Waals surface area contributed by atoms with E-state index in [4.69, 9.17) is 6.42 Å². The first-order valence-electron chi connectivity index (χ1n) is 6.00. The van der Waals surface area contributed by atoms with Gasteiger partial charge in [-0.1, -0.05) is 5.92 Å². The molecule has 4 nitrogen and oxygen atoms in total. The van der Waals surface area contributed by atoms with Gasteiger partial charge in [0.2, 0.25) is 5.91 Å². The average Bonchev–Trinajstić information content (AvgIpc) is 2.78. The van der Waals surface area contributed by atoms with Crippen molar-refractivity contribution in [1.82, 2.24) is 15.1 Å². The molecule has 2 saturated heterocycles. The fourth-order valence-corrected chi connectivity index (χ4v) is 2.51. The molecule has 1 unspecified atom stereocenters. The Balaban J connectivity index is 1.94. The lowest BCUT2D eigenvalue weighted by atomic mass is 10.2. The fourth-order valence-electron chi connectivity index (χ4n) is 2.51. The third-order valence-electron chi connectivity index (χ3n) is 3.37. The highest BCUT2D eigenvalue weighted by Crippen LogP contribution is 2.18. The number of carbonyl (C=O) groups is 1. The molecule has 2 fully saturated rings. The van der Waals surface area contributed by atoms with Crippen LogP contribution in [0.2, 0.25) is 0 Å². The van der Waals surface area contributed by atoms with Gasteiger partial charge < -0.3 is 10.2 Å². The second-order valence-corrected chi connectivity index (χ2v) is 4.41. The van der Waals surface area contributed by atoms with E-state index in [2.05, 4.69) is 16.1 Å². The van der Waals surface area contributed by atoms with Crippen molar-refractivity contribution in [3.63, 3.8) is 0 Å². The molecule has 0 spiro atoms. The molecular formula is C12H19N3O. The van der Waals surface area contributed by atoms with Gasteiger partial charge in [0.1, 0.15) is 0 Å². The molecule has 0 saturated carbocycles. The number of amides is 1. The van der Waals surface area contributed by atoms with Crippen LogP contribution in [-0.4, -0.2) is 61.0 Å². The molecule has 2 aliphatic rings. The number of terminal acetylenes is 1. The number of rotatable bonds is 2. The number of likely N-dealkylation sites (tertiary alicyclic amines) is 1. The van der Waals surface area contributed by atoms with Crippen molar-refractivity contribution in [3.8, 4) is 12.3 Å². The summed E-state index contributed by atoms with van der Waals surface area (Å²) in [5.74, 6) is 2.91. The second kappa shape index (κ2) is 5.33. The molecule has 0 aromatic heterocycles. The van der Waals surface area contributed by atoms with E-state index in [9.17, 15) is 4.79 Å². The summed E-state index contributed by atoms with van der Waals surface area (Å²) in [4.78, 5) is 16.4. The lowest BCUT2D eigenvalue weighted by molar-refractivity contribution is -0.136. The summed E-state index contributed by atoms with van der Waals surface area (Å²) in [5.41, 5.74) is 0. The zero-order valence-corrected chi connectivity index (χ0v) is 9.61. The molecule has 0 aromatic carbocycles. The third kappa shape index (κ3) is 2.37. The molecule has 0 aromatic rings. The van der Waals surface area contributed by atoms with E-state index in [0.717, 1.165) is 45.6 Å². The Morgan fingerprint density at radius 3 is 2.81 bits per heavy atom. The number of hydrogen-bond acceptors (Lipinski definition) is 3. The van der Waals surface area contributed by atoms with Crippen LogP contribution in [0.25, 0.3) is 0 Å². The molecule has 4 heteroatoms. The van der Waals surface area contributed by atoms with E-state index >= 15 is 0 Å². The standard InChI is InChI=1S/C12H19N3O/c1-2-7-14-8-3-4-11(14)12(16)15-9-5-13-6-10-15/h1,11,13H,3-10H2. The minimum atomic E-state index is 0.0362. The monoisotopic (exact) mass is 221 g/mol. The van der Waals surface area contributed by atoms with Gasteiger partial charge in [0.25, 0.3) is 0 Å². The van der Waals surface area contributed by atoms with Crippen molar-refractivity contribution in [1.29, 1.82) is 0 Å². The van der Waals surface area contributed by atoms with Crippen LogP contribution in [0.3, 0.4) is 0 Å². The lowest BCUT2D eigenvalue weighted by Gasteiger charge is -2.32. The average molecular weight is 221 g/mol. The minimum absolute atomic E-state index is 0.0362. The smallest absolute Gasteiger partial charge is 0.240 e. The third-order valence-corrected chi connectivity index (χ3v) is 3.37. The first-order chi connectivity index (χ1) is 7.83. The molecular weight excluding hydrogens is 202 g/mol. The number of piperazine rings is 1. The van der Waals surface area contributed by atoms with Crippen molar-refractivity contribution in [2.24, 2.45) is 0 Å². The molecule has 0 bridgehead atoms. The van der Waals surface area contributed by atoms with Gasteiger partial charge in [-0.2, -0.15) is 0 Å². The van der Waals surface area contributed by atoms with E-state index in [-0.39, 0.29) is 11.9 Å². The molecule has 2 aliphatic heterocycles. The number of nitrogens with one attached hydrogen (secondary N) is 1. The van der Waals surface area contributed by atoms with Crippen molar-refractivity contribution >= 4 is 5.91 Å². The van der Waals surface area contributed by atoms with Crippen molar-refractivity contribution < 1.29 is 4.79 Å². The van der Waals surface area contributed by atoms with Gasteiger partial charge in [-0.15, -0.1) is 6.42 Å². The summed E-state index contributed by atoms with van der Waals surface area (Å²) in [5, 5.41) is 3.26. The summed E-state index contributed by atoms with van der Waals surface area (Å²) in [6, 6.07) is 0.0362. The summed E-state index contributed by atoms with van der Waals surface area (Å²) in [6.45, 7) is 5.05. The van der Waals surface area contributed by atoms with Crippen LogP contribution < -0.4 is 5.32 Å². The van der Waals surface area contributed by atoms with Crippen LogP contribution in [0.4, 0.5) is 0 Å². The van der Waals surface area contributed by atoms with Gasteiger partial charge in [0.15, 0.2) is 0 Å². The quantitative estimate of drug-likeness (QED) is 0.640. The van der Waals surface area contributed by atoms with Crippen LogP contribution in [0.5, 0.6) is 0 Å². The van der Waals surface area contributed by atoms with Gasteiger partial charge in [0, 0.05) is 26.2 Å². The maximum atomic E-state index is 12.3. The Labute approximate surface area is 97.0 Å². The van der Waals surface area contributed by atoms with Gasteiger partial charge in [-0.25, -0.2) is 0 Å². The Kier molecular flexibility index (Phi) is 3.81. The second-order valence-electron chi connectivity index (χ2n) is 4.41. The molecule has 1 atom stereocenters. The molecule has 0 aliphatic carbocycles. The van der Waals surface area contributed by atoms with Gasteiger partial charge in [0.05, 0.1) is 12.6 Å². The predicted molar refractivity (Wildman–Crippen MR) is 62.9 cm³/mol. The number of hydrogen-bond donors (Lipinski definition) is 1. The summed E-state index contributed by atoms with van der Waals surface area (Å²) in [7, 11) is 0. The van der Waals surface area contributed by atoms with E-state index in [0.29, 0.717) is 6.54 Å². The highest BCUT2D eigenvalue weighted by Gasteiger charge is 2.33. The zero-order valence-electron chi connectivity index (χ0n) is 9.61. The van der Waals surface area contributed by atoms with E-state index in [1.54, 1.807) is 0 Å². The minimum Gasteiger partial charge on any atom is -0.339 e. The van der Waals surface area contributed by atoms with E-state index in [1.807, 2.05) is 4.90 Å². The Morgan fingerprint density at radius 1 is 1.38 bits per heavy atom. The molecule has 1 N–H and O–H groups in total. The van der Waals surface area contributed by atoms with Crippen molar-refractivity contribution in [2.45, 2.75) is 18.9 Å². The van der Waals surface area contributed by atoms with E-state index in [1.165, 1.54) is 0 Å². The maximum absolute atomic E-state index is 12.3. The lowest BCUT2D eigenvalue weighted by Crippen LogP contribution is -2.52. The Bertz CT molecular complexity index is 291. The van der Waals surface area contributed by atoms with Crippen LogP contribution in [0.1, 0.15) is 12.8 Å². The van der Waals surface area contributed by atoms with E-state index < -0.39 is 0 Å². The molecule has 1 amide bonds. The Hall–Kier alpha value is -1.05. The highest BCUT2D eigenvalue weighted by atomic mass is 16.2. The van der Waals surface area contributed by atoms with Gasteiger partial charge in [-0.3, -0.25) is 9.69 Å². The van der Waals surface area contributed by atoms with Crippen LogP contribution >= 0.6 is 0 Å². The maximum Gasteiger partial charge on any atom is 0.240 e. The molecule has 0 radical (unpaired) electrons. The summed E-state index contributed by atoms with van der Waals surface area (Å²) >= 11 is 0. The van der Waals surface area contributed by atoms with Crippen LogP contribution in [0.15, 0.2) is 0 Å². The summed E-state index contributed by atoms with van der Waals surface area (Å²) < 4.78 is 0. The molecule has 88 valence electrons. The van der Waals surface area contributed by atoms with Gasteiger partial charge >= 0.3 is 0 Å². The largest absolute Gasteiger partial charge is 0.339 e. The Morgan fingerprint density at radius 2 is 2.12 bits per heavy atom. The van der Waals surface area contributed by atoms with Crippen LogP contribution in [0, 0.1) is 12.3 Å². The van der Waals surface area contributed by atoms with Crippen LogP contribution in [-0.2, 0) is 4.79 Å². The molecule has 2 heterocycles. The normalized spacial score (nSPS) is 26.7. The SMILES string of the molecule is C#CCN1CCCC1C(=O)N1CCNCC1. The number of nitrogens with zero attached hydrogens (tertiary/aromatic N) is 2. The predicted octanol–water partition coefficient (Wildman–Crippen LogP) is -0.484. The first-order valence-corrected chi connectivity index (χ1v) is 6.00. The molecule has 2 rings (SSSR count). The fraction of sp³-hybridized carbons (Fsp3) is 0.750. The molecule has 16 heavy (non-hydrogen) atoms. The topological polar surface area (TPSA) is 35.6 Å². The summed E-state index contributed by atoms with van der Waals surface area (Å²) in [6.07, 6.45) is 7.37. The zero-order chi connectivity index (χ0) is 11.4. The number of carbonyl (C=O) groups excluding carboxylic acids is 1. The highest BCUT2D eigenvalue weighted by molar-refractivity contribution is 5.82. The van der Waals surface area contributed by atoms with Crippen molar-refractivity contribution in [3.05, 3.63) is 0 Å². The van der Waals surface area contributed by atoms with Gasteiger partial charge in [-0.05, 0) is 19.4 Å². The van der Waals surface area contributed by atoms with Crippen molar-refractivity contribution in [2.75, 3.05) is 39.3 Å².